The largest absolute Gasteiger partial charge is 0.497 e. The molecule has 2 rings (SSSR count). The molecule has 1 heterocycles. The molecule has 1 aliphatic rings. The maximum absolute atomic E-state index is 12.5. The second-order valence-electron chi connectivity index (χ2n) is 6.34. The summed E-state index contributed by atoms with van der Waals surface area (Å²) in [5.74, 6) is 1.16. The lowest BCUT2D eigenvalue weighted by atomic mass is 10.2. The number of methoxy groups -OCH3 is 1. The van der Waals surface area contributed by atoms with Crippen LogP contribution in [0.5, 0.6) is 5.75 Å². The summed E-state index contributed by atoms with van der Waals surface area (Å²) < 4.78 is 5.21. The zero-order valence-corrected chi connectivity index (χ0v) is 15.3. The summed E-state index contributed by atoms with van der Waals surface area (Å²) in [5, 5.41) is 0. The van der Waals surface area contributed by atoms with Gasteiger partial charge in [-0.05, 0) is 37.1 Å². The van der Waals surface area contributed by atoms with Crippen molar-refractivity contribution < 1.29 is 9.53 Å². The molecule has 0 bridgehead atoms. The first kappa shape index (κ1) is 18.6. The summed E-state index contributed by atoms with van der Waals surface area (Å²) in [5.41, 5.74) is 1.22. The third kappa shape index (κ3) is 5.13. The smallest absolute Gasteiger partial charge is 0.236 e. The molecule has 1 fully saturated rings. The Kier molecular flexibility index (Phi) is 7.37. The molecule has 0 N–H and O–H groups in total. The van der Waals surface area contributed by atoms with Crippen LogP contribution in [0.15, 0.2) is 24.3 Å². The number of hydrogen-bond acceptors (Lipinski definition) is 4. The van der Waals surface area contributed by atoms with Crippen LogP contribution in [0.1, 0.15) is 26.7 Å². The van der Waals surface area contributed by atoms with E-state index in [1.807, 2.05) is 17.0 Å². The van der Waals surface area contributed by atoms with Crippen LogP contribution in [0.3, 0.4) is 0 Å². The van der Waals surface area contributed by atoms with E-state index >= 15 is 0 Å². The molecular formula is C19H31N3O2. The normalized spacial score (nSPS) is 15.4. The van der Waals surface area contributed by atoms with Crippen molar-refractivity contribution in [3.63, 3.8) is 0 Å². The van der Waals surface area contributed by atoms with Gasteiger partial charge in [0.2, 0.25) is 5.91 Å². The second kappa shape index (κ2) is 9.52. The Hall–Kier alpha value is -1.75. The Balaban J connectivity index is 1.82. The lowest BCUT2D eigenvalue weighted by Crippen LogP contribution is -2.50. The maximum atomic E-state index is 12.5. The van der Waals surface area contributed by atoms with E-state index in [9.17, 15) is 4.79 Å². The number of anilines is 1. The van der Waals surface area contributed by atoms with E-state index in [2.05, 4.69) is 35.8 Å². The van der Waals surface area contributed by atoms with E-state index in [4.69, 9.17) is 4.74 Å². The Morgan fingerprint density at radius 2 is 1.62 bits per heavy atom. The highest BCUT2D eigenvalue weighted by Gasteiger charge is 2.21. The van der Waals surface area contributed by atoms with E-state index in [0.29, 0.717) is 6.54 Å². The van der Waals surface area contributed by atoms with Crippen LogP contribution >= 0.6 is 0 Å². The minimum atomic E-state index is 0.275. The zero-order chi connectivity index (χ0) is 17.4. The van der Waals surface area contributed by atoms with Gasteiger partial charge >= 0.3 is 0 Å². The van der Waals surface area contributed by atoms with Gasteiger partial charge in [0, 0.05) is 45.0 Å². The first-order valence-corrected chi connectivity index (χ1v) is 9.07. The minimum absolute atomic E-state index is 0.275. The van der Waals surface area contributed by atoms with Gasteiger partial charge < -0.3 is 14.5 Å². The Labute approximate surface area is 146 Å². The van der Waals surface area contributed by atoms with E-state index in [0.717, 1.165) is 57.9 Å². The maximum Gasteiger partial charge on any atom is 0.236 e. The fourth-order valence-electron chi connectivity index (χ4n) is 3.15. The van der Waals surface area contributed by atoms with Crippen LogP contribution in [-0.4, -0.2) is 68.6 Å². The lowest BCUT2D eigenvalue weighted by molar-refractivity contribution is -0.132. The Morgan fingerprint density at radius 3 is 2.12 bits per heavy atom. The summed E-state index contributed by atoms with van der Waals surface area (Å²) in [4.78, 5) is 19.1. The van der Waals surface area contributed by atoms with Crippen LogP contribution in [0, 0.1) is 0 Å². The molecule has 134 valence electrons. The van der Waals surface area contributed by atoms with E-state index in [-0.39, 0.29) is 5.91 Å². The molecule has 1 aromatic rings. The molecule has 1 amide bonds. The molecule has 0 radical (unpaired) electrons. The van der Waals surface area contributed by atoms with Crippen molar-refractivity contribution in [1.29, 1.82) is 0 Å². The number of hydrogen-bond donors (Lipinski definition) is 0. The van der Waals surface area contributed by atoms with Crippen molar-refractivity contribution in [3.8, 4) is 5.75 Å². The molecule has 5 heteroatoms. The van der Waals surface area contributed by atoms with Gasteiger partial charge in [0.1, 0.15) is 5.75 Å². The molecule has 1 aromatic carbocycles. The number of nitrogens with zero attached hydrogens (tertiary/aromatic N) is 3. The lowest BCUT2D eigenvalue weighted by Gasteiger charge is -2.36. The van der Waals surface area contributed by atoms with Crippen molar-refractivity contribution in [2.75, 3.05) is 57.8 Å². The van der Waals surface area contributed by atoms with Gasteiger partial charge in [-0.1, -0.05) is 13.8 Å². The van der Waals surface area contributed by atoms with Crippen LogP contribution < -0.4 is 9.64 Å². The van der Waals surface area contributed by atoms with Gasteiger partial charge in [-0.3, -0.25) is 9.69 Å². The van der Waals surface area contributed by atoms with Crippen molar-refractivity contribution in [2.24, 2.45) is 0 Å². The zero-order valence-electron chi connectivity index (χ0n) is 15.3. The van der Waals surface area contributed by atoms with Gasteiger partial charge in [-0.15, -0.1) is 0 Å². The number of benzene rings is 1. The molecule has 1 aliphatic heterocycles. The third-order valence-corrected chi connectivity index (χ3v) is 4.51. The van der Waals surface area contributed by atoms with Crippen molar-refractivity contribution in [3.05, 3.63) is 24.3 Å². The number of amides is 1. The highest BCUT2D eigenvalue weighted by atomic mass is 16.5. The third-order valence-electron chi connectivity index (χ3n) is 4.51. The molecule has 0 spiro atoms. The van der Waals surface area contributed by atoms with Gasteiger partial charge in [0.25, 0.3) is 0 Å². The fraction of sp³-hybridized carbons (Fsp3) is 0.632. The first-order valence-electron chi connectivity index (χ1n) is 9.07. The number of carbonyl (C=O) groups excluding carboxylic acids is 1. The van der Waals surface area contributed by atoms with Crippen molar-refractivity contribution >= 4 is 11.6 Å². The van der Waals surface area contributed by atoms with E-state index < -0.39 is 0 Å². The average Bonchev–Trinajstić information content (AvgIpc) is 2.62. The number of ether oxygens (including phenoxy) is 1. The number of rotatable bonds is 8. The summed E-state index contributed by atoms with van der Waals surface area (Å²) in [6, 6.07) is 8.20. The summed E-state index contributed by atoms with van der Waals surface area (Å²) in [6.07, 6.45) is 2.05. The van der Waals surface area contributed by atoms with Gasteiger partial charge in [0.15, 0.2) is 0 Å². The van der Waals surface area contributed by atoms with Crippen molar-refractivity contribution in [1.82, 2.24) is 9.80 Å². The molecule has 0 unspecified atom stereocenters. The van der Waals surface area contributed by atoms with Gasteiger partial charge in [-0.2, -0.15) is 0 Å². The molecule has 0 saturated carbocycles. The molecule has 0 aliphatic carbocycles. The topological polar surface area (TPSA) is 36.0 Å². The molecular weight excluding hydrogens is 302 g/mol. The average molecular weight is 333 g/mol. The Bertz CT molecular complexity index is 490. The highest BCUT2D eigenvalue weighted by Crippen LogP contribution is 2.20. The summed E-state index contributed by atoms with van der Waals surface area (Å²) in [6.45, 7) is 10.3. The first-order chi connectivity index (χ1) is 11.7. The highest BCUT2D eigenvalue weighted by molar-refractivity contribution is 5.78. The molecule has 5 nitrogen and oxygen atoms in total. The van der Waals surface area contributed by atoms with E-state index in [1.54, 1.807) is 7.11 Å². The molecule has 24 heavy (non-hydrogen) atoms. The standard InChI is InChI=1S/C19H31N3O2/c1-4-10-22(11-5-2)19(23)16-20-12-14-21(15-13-20)17-6-8-18(24-3)9-7-17/h6-9H,4-5,10-16H2,1-3H3. The van der Waals surface area contributed by atoms with Gasteiger partial charge in [-0.25, -0.2) is 0 Å². The predicted octanol–water partition coefficient (Wildman–Crippen LogP) is 2.47. The van der Waals surface area contributed by atoms with Crippen LogP contribution in [0.25, 0.3) is 0 Å². The number of piperazine rings is 1. The minimum Gasteiger partial charge on any atom is -0.497 e. The SMILES string of the molecule is CCCN(CCC)C(=O)CN1CCN(c2ccc(OC)cc2)CC1. The fourth-order valence-corrected chi connectivity index (χ4v) is 3.15. The van der Waals surface area contributed by atoms with Crippen LogP contribution in [0.2, 0.25) is 0 Å². The summed E-state index contributed by atoms with van der Waals surface area (Å²) >= 11 is 0. The van der Waals surface area contributed by atoms with Crippen LogP contribution in [0.4, 0.5) is 5.69 Å². The molecule has 0 aromatic heterocycles. The van der Waals surface area contributed by atoms with Crippen molar-refractivity contribution in [2.45, 2.75) is 26.7 Å². The second-order valence-corrected chi connectivity index (χ2v) is 6.34. The number of carbonyl (C=O) groups is 1. The Morgan fingerprint density at radius 1 is 1.04 bits per heavy atom. The molecule has 0 atom stereocenters. The quantitative estimate of drug-likeness (QED) is 0.732. The van der Waals surface area contributed by atoms with E-state index in [1.165, 1.54) is 5.69 Å². The van der Waals surface area contributed by atoms with Gasteiger partial charge in [0.05, 0.1) is 13.7 Å². The van der Waals surface area contributed by atoms with Crippen LogP contribution in [-0.2, 0) is 4.79 Å². The molecule has 1 saturated heterocycles. The summed E-state index contributed by atoms with van der Waals surface area (Å²) in [7, 11) is 1.69. The monoisotopic (exact) mass is 333 g/mol. The predicted molar refractivity (Wildman–Crippen MR) is 98.8 cm³/mol.